The summed E-state index contributed by atoms with van der Waals surface area (Å²) in [5, 5.41) is 3.33. The Hall–Kier alpha value is -1.00. The van der Waals surface area contributed by atoms with Crippen LogP contribution in [0, 0.1) is 5.82 Å². The Morgan fingerprint density at radius 3 is 2.59 bits per heavy atom. The van der Waals surface area contributed by atoms with Gasteiger partial charge in [0.2, 0.25) is 0 Å². The van der Waals surface area contributed by atoms with Gasteiger partial charge in [-0.2, -0.15) is 0 Å². The van der Waals surface area contributed by atoms with Gasteiger partial charge in [-0.15, -0.1) is 0 Å². The van der Waals surface area contributed by atoms with E-state index in [9.17, 15) is 4.39 Å². The zero-order valence-electron chi connectivity index (χ0n) is 9.85. The highest BCUT2D eigenvalue weighted by molar-refractivity contribution is 6.31. The van der Waals surface area contributed by atoms with Crippen molar-refractivity contribution in [3.8, 4) is 11.5 Å². The fourth-order valence-electron chi connectivity index (χ4n) is 2.22. The van der Waals surface area contributed by atoms with Gasteiger partial charge in [0, 0.05) is 18.0 Å². The minimum absolute atomic E-state index is 0.0737. The van der Waals surface area contributed by atoms with Crippen LogP contribution in [0.25, 0.3) is 0 Å². The second-order valence-corrected chi connectivity index (χ2v) is 4.43. The predicted octanol–water partition coefficient (Wildman–Crippen LogP) is 2.57. The molecule has 0 aliphatic carbocycles. The van der Waals surface area contributed by atoms with Crippen LogP contribution in [0.4, 0.5) is 4.39 Å². The Morgan fingerprint density at radius 1 is 1.35 bits per heavy atom. The molecule has 1 aromatic rings. The molecule has 94 valence electrons. The van der Waals surface area contributed by atoms with Gasteiger partial charge in [-0.25, -0.2) is 4.39 Å². The van der Waals surface area contributed by atoms with Gasteiger partial charge in [0.1, 0.15) is 0 Å². The second kappa shape index (κ2) is 5.10. The van der Waals surface area contributed by atoms with Gasteiger partial charge in [-0.05, 0) is 19.0 Å². The van der Waals surface area contributed by atoms with Crippen LogP contribution in [0.5, 0.6) is 11.5 Å². The number of methoxy groups -OCH3 is 2. The van der Waals surface area contributed by atoms with Crippen LogP contribution in [0.3, 0.4) is 0 Å². The number of halogens is 2. The summed E-state index contributed by atoms with van der Waals surface area (Å²) in [6.07, 6.45) is 0.988. The maximum absolute atomic E-state index is 13.8. The van der Waals surface area contributed by atoms with Crippen molar-refractivity contribution in [3.63, 3.8) is 0 Å². The fraction of sp³-hybridized carbons (Fsp3) is 0.500. The van der Waals surface area contributed by atoms with Gasteiger partial charge in [0.15, 0.2) is 17.3 Å². The first kappa shape index (κ1) is 12.5. The molecule has 1 aliphatic rings. The quantitative estimate of drug-likeness (QED) is 0.905. The Morgan fingerprint density at radius 2 is 2.06 bits per heavy atom. The van der Waals surface area contributed by atoms with E-state index in [1.165, 1.54) is 14.2 Å². The van der Waals surface area contributed by atoms with E-state index < -0.39 is 5.82 Å². The lowest BCUT2D eigenvalue weighted by Gasteiger charge is -2.18. The van der Waals surface area contributed by atoms with Crippen molar-refractivity contribution in [3.05, 3.63) is 22.5 Å². The van der Waals surface area contributed by atoms with Crippen molar-refractivity contribution in [2.45, 2.75) is 12.3 Å². The SMILES string of the molecule is COc1c(C2CCNC2)cc(Cl)c(F)c1OC. The number of hydrogen-bond donors (Lipinski definition) is 1. The van der Waals surface area contributed by atoms with Gasteiger partial charge >= 0.3 is 0 Å². The lowest BCUT2D eigenvalue weighted by Crippen LogP contribution is -2.09. The molecular weight excluding hydrogens is 245 g/mol. The summed E-state index contributed by atoms with van der Waals surface area (Å²) in [7, 11) is 2.92. The molecule has 5 heteroatoms. The van der Waals surface area contributed by atoms with Crippen LogP contribution in [-0.4, -0.2) is 27.3 Å². The molecule has 1 unspecified atom stereocenters. The van der Waals surface area contributed by atoms with Crippen LogP contribution in [0.1, 0.15) is 17.9 Å². The highest BCUT2D eigenvalue weighted by atomic mass is 35.5. The number of nitrogens with one attached hydrogen (secondary N) is 1. The predicted molar refractivity (Wildman–Crippen MR) is 64.7 cm³/mol. The molecule has 0 bridgehead atoms. The van der Waals surface area contributed by atoms with E-state index in [0.717, 1.165) is 25.1 Å². The first-order valence-corrected chi connectivity index (χ1v) is 5.87. The highest BCUT2D eigenvalue weighted by Crippen LogP contribution is 2.42. The van der Waals surface area contributed by atoms with Crippen molar-refractivity contribution in [1.29, 1.82) is 0 Å². The molecule has 1 aliphatic heterocycles. The maximum atomic E-state index is 13.8. The van der Waals surface area contributed by atoms with E-state index >= 15 is 0 Å². The highest BCUT2D eigenvalue weighted by Gasteiger charge is 2.26. The molecule has 1 heterocycles. The summed E-state index contributed by atoms with van der Waals surface area (Å²) in [4.78, 5) is 0. The van der Waals surface area contributed by atoms with E-state index in [2.05, 4.69) is 5.32 Å². The number of benzene rings is 1. The summed E-state index contributed by atoms with van der Waals surface area (Å²) in [6.45, 7) is 1.80. The Labute approximate surface area is 105 Å². The van der Waals surface area contributed by atoms with E-state index in [1.54, 1.807) is 6.07 Å². The molecule has 0 spiro atoms. The molecule has 1 aromatic carbocycles. The monoisotopic (exact) mass is 259 g/mol. The van der Waals surface area contributed by atoms with Crippen molar-refractivity contribution in [1.82, 2.24) is 5.32 Å². The number of ether oxygens (including phenoxy) is 2. The largest absolute Gasteiger partial charge is 0.492 e. The minimum Gasteiger partial charge on any atom is -0.492 e. The van der Waals surface area contributed by atoms with Gasteiger partial charge in [-0.1, -0.05) is 11.6 Å². The van der Waals surface area contributed by atoms with Crippen molar-refractivity contribution >= 4 is 11.6 Å². The van der Waals surface area contributed by atoms with Gasteiger partial charge in [-0.3, -0.25) is 0 Å². The fourth-order valence-corrected chi connectivity index (χ4v) is 2.42. The lowest BCUT2D eigenvalue weighted by molar-refractivity contribution is 0.333. The molecule has 3 nitrogen and oxygen atoms in total. The normalized spacial score (nSPS) is 19.4. The van der Waals surface area contributed by atoms with Crippen LogP contribution in [-0.2, 0) is 0 Å². The first-order chi connectivity index (χ1) is 8.19. The zero-order chi connectivity index (χ0) is 12.4. The van der Waals surface area contributed by atoms with Crippen molar-refractivity contribution < 1.29 is 13.9 Å². The molecule has 0 radical (unpaired) electrons. The Balaban J connectivity index is 2.53. The van der Waals surface area contributed by atoms with E-state index in [4.69, 9.17) is 21.1 Å². The number of hydrogen-bond acceptors (Lipinski definition) is 3. The minimum atomic E-state index is -0.569. The summed E-state index contributed by atoms with van der Waals surface area (Å²) < 4.78 is 24.1. The maximum Gasteiger partial charge on any atom is 0.198 e. The first-order valence-electron chi connectivity index (χ1n) is 5.49. The summed E-state index contributed by atoms with van der Waals surface area (Å²) in [6, 6.07) is 1.63. The van der Waals surface area contributed by atoms with E-state index in [1.807, 2.05) is 0 Å². The molecule has 1 saturated heterocycles. The van der Waals surface area contributed by atoms with Crippen molar-refractivity contribution in [2.24, 2.45) is 0 Å². The molecular formula is C12H15ClFNO2. The molecule has 2 rings (SSSR count). The van der Waals surface area contributed by atoms with Gasteiger partial charge < -0.3 is 14.8 Å². The summed E-state index contributed by atoms with van der Waals surface area (Å²) >= 11 is 5.87. The lowest BCUT2D eigenvalue weighted by atomic mass is 9.97. The topological polar surface area (TPSA) is 30.5 Å². The van der Waals surface area contributed by atoms with E-state index in [-0.39, 0.29) is 16.7 Å². The molecule has 0 saturated carbocycles. The third kappa shape index (κ3) is 2.19. The van der Waals surface area contributed by atoms with Crippen LogP contribution < -0.4 is 14.8 Å². The standard InChI is InChI=1S/C12H15ClFNO2/c1-16-11-8(7-3-4-15-6-7)5-9(13)10(14)12(11)17-2/h5,7,15H,3-4,6H2,1-2H3. The smallest absolute Gasteiger partial charge is 0.198 e. The Bertz CT molecular complexity index is 419. The average Bonchev–Trinajstić information content (AvgIpc) is 2.85. The zero-order valence-corrected chi connectivity index (χ0v) is 10.6. The molecule has 1 fully saturated rings. The number of rotatable bonds is 3. The van der Waals surface area contributed by atoms with Crippen LogP contribution in [0.15, 0.2) is 6.07 Å². The van der Waals surface area contributed by atoms with Crippen LogP contribution >= 0.6 is 11.6 Å². The molecule has 1 N–H and O–H groups in total. The Kier molecular flexibility index (Phi) is 3.74. The second-order valence-electron chi connectivity index (χ2n) is 4.02. The van der Waals surface area contributed by atoms with Gasteiger partial charge in [0.05, 0.1) is 19.2 Å². The molecule has 17 heavy (non-hydrogen) atoms. The van der Waals surface area contributed by atoms with E-state index in [0.29, 0.717) is 5.75 Å². The summed E-state index contributed by atoms with van der Waals surface area (Å²) in [5.41, 5.74) is 0.903. The average molecular weight is 260 g/mol. The third-order valence-corrected chi connectivity index (χ3v) is 3.34. The van der Waals surface area contributed by atoms with Crippen LogP contribution in [0.2, 0.25) is 5.02 Å². The molecule has 1 atom stereocenters. The molecule has 0 aromatic heterocycles. The third-order valence-electron chi connectivity index (χ3n) is 3.07. The van der Waals surface area contributed by atoms with Crippen molar-refractivity contribution in [2.75, 3.05) is 27.3 Å². The summed E-state index contributed by atoms with van der Waals surface area (Å²) in [5.74, 6) is 0.252. The van der Waals surface area contributed by atoms with Gasteiger partial charge in [0.25, 0.3) is 0 Å². The molecule has 0 amide bonds.